The first kappa shape index (κ1) is 24.7. The minimum atomic E-state index is -0.330. The zero-order valence-electron chi connectivity index (χ0n) is 19.8. The zero-order chi connectivity index (χ0) is 24.9. The van der Waals surface area contributed by atoms with Crippen LogP contribution in [0, 0.1) is 0 Å². The summed E-state index contributed by atoms with van der Waals surface area (Å²) in [6.45, 7) is 3.14. The van der Waals surface area contributed by atoms with E-state index in [2.05, 4.69) is 38.4 Å². The first-order valence-corrected chi connectivity index (χ1v) is 12.8. The summed E-state index contributed by atoms with van der Waals surface area (Å²) in [6, 6.07) is 12.7. The lowest BCUT2D eigenvalue weighted by Gasteiger charge is -2.34. The van der Waals surface area contributed by atoms with Gasteiger partial charge in [-0.1, -0.05) is 53.5 Å². The van der Waals surface area contributed by atoms with Crippen molar-refractivity contribution < 1.29 is 9.53 Å². The maximum atomic E-state index is 12.6. The van der Waals surface area contributed by atoms with E-state index < -0.39 is 0 Å². The summed E-state index contributed by atoms with van der Waals surface area (Å²) < 4.78 is 5.75. The van der Waals surface area contributed by atoms with Gasteiger partial charge in [-0.05, 0) is 42.0 Å². The average Bonchev–Trinajstić information content (AvgIpc) is 3.41. The lowest BCUT2D eigenvalue weighted by Crippen LogP contribution is -2.36. The molecule has 2 aromatic heterocycles. The van der Waals surface area contributed by atoms with Gasteiger partial charge in [-0.3, -0.25) is 24.7 Å². The average molecular weight is 524 g/mol. The van der Waals surface area contributed by atoms with Crippen molar-refractivity contribution in [3.63, 3.8) is 0 Å². The number of hydrogen-bond acceptors (Lipinski definition) is 6. The maximum absolute atomic E-state index is 12.6. The molecule has 36 heavy (non-hydrogen) atoms. The van der Waals surface area contributed by atoms with Crippen LogP contribution < -0.4 is 5.32 Å². The summed E-state index contributed by atoms with van der Waals surface area (Å²) in [5.41, 5.74) is 4.88. The highest BCUT2D eigenvalue weighted by Crippen LogP contribution is 2.34. The lowest BCUT2D eigenvalue weighted by atomic mass is 9.90. The summed E-state index contributed by atoms with van der Waals surface area (Å²) >= 11 is 12.2. The van der Waals surface area contributed by atoms with Gasteiger partial charge in [0.05, 0.1) is 40.4 Å². The molecule has 2 aliphatic rings. The molecule has 3 aromatic rings. The fraction of sp³-hybridized carbons (Fsp3) is 0.333. The van der Waals surface area contributed by atoms with E-state index in [-0.39, 0.29) is 27.6 Å². The number of carbonyl (C=O) groups is 1. The summed E-state index contributed by atoms with van der Waals surface area (Å²) in [7, 11) is 0. The predicted molar refractivity (Wildman–Crippen MR) is 140 cm³/mol. The van der Waals surface area contributed by atoms with E-state index in [4.69, 9.17) is 32.9 Å². The Labute approximate surface area is 220 Å². The largest absolute Gasteiger partial charge is 0.478 e. The standard InChI is InChI=1S/C27H27Cl2N5O2/c28-21-14-30-15-22(29)25(21)27(35)33-13-18-6-8-19(9-7-18)16-34(17-24-31-11-12-36-24)23-5-1-3-20-4-2-10-32-26(20)23/h2,4,6-10,14-15,23H,1,3,5,11-13,16-17H2,(H,33,35). The minimum Gasteiger partial charge on any atom is -0.478 e. The molecule has 0 bridgehead atoms. The summed E-state index contributed by atoms with van der Waals surface area (Å²) in [5, 5.41) is 3.34. The Morgan fingerprint density at radius 1 is 1.08 bits per heavy atom. The molecule has 0 saturated heterocycles. The molecule has 3 heterocycles. The van der Waals surface area contributed by atoms with Gasteiger partial charge in [0, 0.05) is 31.7 Å². The van der Waals surface area contributed by atoms with Crippen LogP contribution in [0.5, 0.6) is 0 Å². The molecule has 1 N–H and O–H groups in total. The number of nitrogens with one attached hydrogen (secondary N) is 1. The Hall–Kier alpha value is -3.00. The third-order valence-corrected chi connectivity index (χ3v) is 7.11. The van der Waals surface area contributed by atoms with E-state index in [1.54, 1.807) is 0 Å². The third kappa shape index (κ3) is 5.69. The van der Waals surface area contributed by atoms with Crippen molar-refractivity contribution >= 4 is 35.0 Å². The molecule has 1 aromatic carbocycles. The number of hydrogen-bond donors (Lipinski definition) is 1. The smallest absolute Gasteiger partial charge is 0.254 e. The van der Waals surface area contributed by atoms with Gasteiger partial charge in [-0.25, -0.2) is 0 Å². The topological polar surface area (TPSA) is 79.7 Å². The van der Waals surface area contributed by atoms with E-state index in [0.29, 0.717) is 19.7 Å². The molecule has 1 aliphatic carbocycles. The van der Waals surface area contributed by atoms with Gasteiger partial charge >= 0.3 is 0 Å². The second-order valence-electron chi connectivity index (χ2n) is 8.96. The number of pyridine rings is 2. The van der Waals surface area contributed by atoms with E-state index >= 15 is 0 Å². The van der Waals surface area contributed by atoms with Crippen molar-refractivity contribution in [1.82, 2.24) is 20.2 Å². The van der Waals surface area contributed by atoms with E-state index in [0.717, 1.165) is 49.5 Å². The van der Waals surface area contributed by atoms with Gasteiger partial charge in [0.25, 0.3) is 5.91 Å². The van der Waals surface area contributed by atoms with E-state index in [1.807, 2.05) is 24.4 Å². The number of aliphatic imine (C=N–C) groups is 1. The van der Waals surface area contributed by atoms with Gasteiger partial charge in [-0.15, -0.1) is 0 Å². The normalized spacial score (nSPS) is 16.9. The molecule has 9 heteroatoms. The van der Waals surface area contributed by atoms with Crippen molar-refractivity contribution in [2.24, 2.45) is 4.99 Å². The number of fused-ring (bicyclic) bond motifs is 1. The van der Waals surface area contributed by atoms with Crippen LogP contribution in [-0.4, -0.2) is 46.4 Å². The molecule has 5 rings (SSSR count). The predicted octanol–water partition coefficient (Wildman–Crippen LogP) is 5.02. The first-order valence-electron chi connectivity index (χ1n) is 12.1. The SMILES string of the molecule is O=C(NCc1ccc(CN(CC2=NCCO2)C2CCCc3cccnc32)cc1)c1c(Cl)cncc1Cl. The number of amides is 1. The first-order chi connectivity index (χ1) is 17.6. The molecule has 1 amide bonds. The van der Waals surface area contributed by atoms with E-state index in [1.165, 1.54) is 23.5 Å². The monoisotopic (exact) mass is 523 g/mol. The van der Waals surface area contributed by atoms with Gasteiger partial charge in [0.15, 0.2) is 5.90 Å². The molecule has 1 aliphatic heterocycles. The third-order valence-electron chi connectivity index (χ3n) is 6.53. The van der Waals surface area contributed by atoms with Gasteiger partial charge in [0.1, 0.15) is 6.61 Å². The highest BCUT2D eigenvalue weighted by Gasteiger charge is 2.29. The molecular weight excluding hydrogens is 497 g/mol. The Morgan fingerprint density at radius 2 is 1.86 bits per heavy atom. The molecule has 186 valence electrons. The van der Waals surface area contributed by atoms with Crippen LogP contribution in [0.3, 0.4) is 0 Å². The van der Waals surface area contributed by atoms with Crippen molar-refractivity contribution in [3.8, 4) is 0 Å². The van der Waals surface area contributed by atoms with Crippen LogP contribution >= 0.6 is 23.2 Å². The quantitative estimate of drug-likeness (QED) is 0.448. The number of ether oxygens (including phenoxy) is 1. The van der Waals surface area contributed by atoms with Crippen molar-refractivity contribution in [3.05, 3.63) is 93.0 Å². The highest BCUT2D eigenvalue weighted by atomic mass is 35.5. The van der Waals surface area contributed by atoms with Crippen LogP contribution in [0.1, 0.15) is 51.6 Å². The Bertz CT molecular complexity index is 1250. The zero-order valence-corrected chi connectivity index (χ0v) is 21.3. The fourth-order valence-corrected chi connectivity index (χ4v) is 5.30. The molecule has 1 atom stereocenters. The fourth-order valence-electron chi connectivity index (χ4n) is 4.76. The van der Waals surface area contributed by atoms with Crippen molar-refractivity contribution in [2.45, 2.75) is 38.4 Å². The molecule has 7 nitrogen and oxygen atoms in total. The number of aromatic nitrogens is 2. The van der Waals surface area contributed by atoms with Crippen LogP contribution in [0.15, 0.2) is 60.0 Å². The molecule has 0 saturated carbocycles. The Kier molecular flexibility index (Phi) is 7.80. The van der Waals surface area contributed by atoms with Gasteiger partial charge in [0.2, 0.25) is 0 Å². The Balaban J connectivity index is 1.28. The number of benzene rings is 1. The molecule has 0 radical (unpaired) electrons. The van der Waals surface area contributed by atoms with Crippen molar-refractivity contribution in [2.75, 3.05) is 19.7 Å². The van der Waals surface area contributed by atoms with Crippen LogP contribution in [-0.2, 0) is 24.2 Å². The van der Waals surface area contributed by atoms with E-state index in [9.17, 15) is 4.79 Å². The molecule has 1 unspecified atom stereocenters. The summed E-state index contributed by atoms with van der Waals surface area (Å²) in [6.07, 6.45) is 7.96. The van der Waals surface area contributed by atoms with Gasteiger partial charge in [-0.2, -0.15) is 0 Å². The summed E-state index contributed by atoms with van der Waals surface area (Å²) in [4.78, 5) is 28.1. The molecule has 0 fully saturated rings. The lowest BCUT2D eigenvalue weighted by molar-refractivity contribution is 0.0951. The number of aryl methyl sites for hydroxylation is 1. The minimum absolute atomic E-state index is 0.218. The number of rotatable bonds is 8. The second-order valence-corrected chi connectivity index (χ2v) is 9.78. The summed E-state index contributed by atoms with van der Waals surface area (Å²) in [5.74, 6) is 0.467. The van der Waals surface area contributed by atoms with Gasteiger partial charge < -0.3 is 10.1 Å². The molecule has 0 spiro atoms. The number of halogens is 2. The van der Waals surface area contributed by atoms with Crippen molar-refractivity contribution in [1.29, 1.82) is 0 Å². The Morgan fingerprint density at radius 3 is 2.61 bits per heavy atom. The van der Waals surface area contributed by atoms with Crippen LogP contribution in [0.2, 0.25) is 10.0 Å². The van der Waals surface area contributed by atoms with Crippen LogP contribution in [0.25, 0.3) is 0 Å². The molecular formula is C27H27Cl2N5O2. The van der Waals surface area contributed by atoms with Crippen LogP contribution in [0.4, 0.5) is 0 Å². The highest BCUT2D eigenvalue weighted by molar-refractivity contribution is 6.39. The number of nitrogens with zero attached hydrogens (tertiary/aromatic N) is 4. The maximum Gasteiger partial charge on any atom is 0.254 e. The number of carbonyl (C=O) groups excluding carboxylic acids is 1. The second kappa shape index (κ2) is 11.4.